The Kier molecular flexibility index (Phi) is 4.21. The second-order valence-corrected chi connectivity index (χ2v) is 6.75. The van der Waals surface area contributed by atoms with Gasteiger partial charge in [-0.15, -0.1) is 0 Å². The van der Waals surface area contributed by atoms with Crippen molar-refractivity contribution in [1.29, 1.82) is 0 Å². The predicted molar refractivity (Wildman–Crippen MR) is 99.4 cm³/mol. The molecule has 1 amide bonds. The Bertz CT molecular complexity index is 918. The van der Waals surface area contributed by atoms with Crippen LogP contribution in [0, 0.1) is 5.92 Å². The normalized spacial score (nSPS) is 15.3. The van der Waals surface area contributed by atoms with Gasteiger partial charge in [0.15, 0.2) is 5.78 Å². The molecule has 0 spiro atoms. The number of likely N-dealkylation sites (tertiary alicyclic amines) is 1. The number of carbonyl (C=O) groups excluding carboxylic acids is 2. The number of aromatic amines is 1. The number of carbonyl (C=O) groups is 2. The van der Waals surface area contributed by atoms with Crippen molar-refractivity contribution in [3.63, 3.8) is 0 Å². The maximum atomic E-state index is 12.7. The third-order valence-corrected chi connectivity index (χ3v) is 5.07. The van der Waals surface area contributed by atoms with Crippen molar-refractivity contribution in [3.8, 4) is 5.75 Å². The number of piperidine rings is 1. The van der Waals surface area contributed by atoms with Gasteiger partial charge in [0, 0.05) is 35.5 Å². The zero-order chi connectivity index (χ0) is 18.1. The number of H-pyrrole nitrogens is 1. The highest BCUT2D eigenvalue weighted by Crippen LogP contribution is 2.24. The molecule has 0 atom stereocenters. The van der Waals surface area contributed by atoms with Crippen LogP contribution in [0.25, 0.3) is 10.9 Å². The molecule has 0 saturated carbocycles. The minimum atomic E-state index is -0.0775. The molecule has 2 N–H and O–H groups in total. The fraction of sp³-hybridized carbons (Fsp3) is 0.238. The summed E-state index contributed by atoms with van der Waals surface area (Å²) in [7, 11) is 0. The van der Waals surface area contributed by atoms with E-state index in [-0.39, 0.29) is 23.4 Å². The minimum absolute atomic E-state index is 0.0169. The number of phenolic OH excluding ortho intramolecular Hbond substituents is 1. The van der Waals surface area contributed by atoms with Gasteiger partial charge in [-0.3, -0.25) is 9.59 Å². The third kappa shape index (κ3) is 3.08. The molecule has 0 bridgehead atoms. The molecule has 26 heavy (non-hydrogen) atoms. The van der Waals surface area contributed by atoms with Crippen LogP contribution in [-0.2, 0) is 0 Å². The van der Waals surface area contributed by atoms with Gasteiger partial charge in [-0.05, 0) is 49.2 Å². The second kappa shape index (κ2) is 6.67. The molecular formula is C21H20N2O3. The molecular weight excluding hydrogens is 328 g/mol. The van der Waals surface area contributed by atoms with Crippen molar-refractivity contribution < 1.29 is 14.7 Å². The first-order chi connectivity index (χ1) is 12.6. The highest BCUT2D eigenvalue weighted by atomic mass is 16.3. The number of nitrogens with zero attached hydrogens (tertiary/aromatic N) is 1. The molecule has 1 aliphatic rings. The number of fused-ring (bicyclic) bond motifs is 1. The van der Waals surface area contributed by atoms with E-state index in [2.05, 4.69) is 4.98 Å². The number of amides is 1. The summed E-state index contributed by atoms with van der Waals surface area (Å²) in [4.78, 5) is 30.3. The quantitative estimate of drug-likeness (QED) is 0.710. The van der Waals surface area contributed by atoms with Gasteiger partial charge in [0.2, 0.25) is 0 Å². The number of aromatic nitrogens is 1. The molecule has 4 rings (SSSR count). The Hall–Kier alpha value is -3.08. The van der Waals surface area contributed by atoms with Gasteiger partial charge in [-0.2, -0.15) is 0 Å². The molecule has 2 heterocycles. The van der Waals surface area contributed by atoms with E-state index in [1.165, 1.54) is 12.1 Å². The minimum Gasteiger partial charge on any atom is -0.508 e. The van der Waals surface area contributed by atoms with E-state index in [1.54, 1.807) is 12.1 Å². The number of para-hydroxylation sites is 1. The highest BCUT2D eigenvalue weighted by Gasteiger charge is 2.28. The lowest BCUT2D eigenvalue weighted by Gasteiger charge is -2.31. The van der Waals surface area contributed by atoms with E-state index < -0.39 is 0 Å². The monoisotopic (exact) mass is 348 g/mol. The van der Waals surface area contributed by atoms with E-state index in [4.69, 9.17) is 0 Å². The first kappa shape index (κ1) is 16.4. The molecule has 5 nitrogen and oxygen atoms in total. The number of phenols is 1. The topological polar surface area (TPSA) is 73.4 Å². The fourth-order valence-corrected chi connectivity index (χ4v) is 3.57. The Morgan fingerprint density at radius 1 is 1.00 bits per heavy atom. The Labute approximate surface area is 151 Å². The summed E-state index contributed by atoms with van der Waals surface area (Å²) < 4.78 is 0. The van der Waals surface area contributed by atoms with Crippen LogP contribution in [-0.4, -0.2) is 39.8 Å². The summed E-state index contributed by atoms with van der Waals surface area (Å²) in [6.45, 7) is 1.14. The van der Waals surface area contributed by atoms with E-state index in [9.17, 15) is 14.7 Å². The van der Waals surface area contributed by atoms with Gasteiger partial charge in [-0.1, -0.05) is 18.2 Å². The van der Waals surface area contributed by atoms with E-state index in [1.807, 2.05) is 35.2 Å². The number of hydrogen-bond donors (Lipinski definition) is 2. The Balaban J connectivity index is 1.42. The summed E-state index contributed by atoms with van der Waals surface area (Å²) in [6.07, 6.45) is 1.32. The van der Waals surface area contributed by atoms with Crippen LogP contribution in [0.15, 0.2) is 54.6 Å². The van der Waals surface area contributed by atoms with Crippen molar-refractivity contribution in [2.45, 2.75) is 12.8 Å². The number of benzene rings is 2. The Morgan fingerprint density at radius 2 is 1.69 bits per heavy atom. The number of ketones is 1. The molecule has 1 fully saturated rings. The average Bonchev–Trinajstić information content (AvgIpc) is 3.12. The zero-order valence-electron chi connectivity index (χ0n) is 14.3. The van der Waals surface area contributed by atoms with Crippen LogP contribution < -0.4 is 0 Å². The smallest absolute Gasteiger partial charge is 0.270 e. The van der Waals surface area contributed by atoms with Gasteiger partial charge in [0.1, 0.15) is 11.4 Å². The van der Waals surface area contributed by atoms with Crippen LogP contribution in [0.5, 0.6) is 5.75 Å². The summed E-state index contributed by atoms with van der Waals surface area (Å²) in [5.41, 5.74) is 2.16. The number of Topliss-reactive ketones (excluding diaryl/α,β-unsaturated/α-hetero) is 1. The van der Waals surface area contributed by atoms with E-state index in [0.717, 1.165) is 10.9 Å². The molecule has 3 aromatic rings. The van der Waals surface area contributed by atoms with Crippen molar-refractivity contribution in [3.05, 3.63) is 65.9 Å². The summed E-state index contributed by atoms with van der Waals surface area (Å²) >= 11 is 0. The van der Waals surface area contributed by atoms with Crippen LogP contribution in [0.4, 0.5) is 0 Å². The predicted octanol–water partition coefficient (Wildman–Crippen LogP) is 3.61. The molecule has 5 heteroatoms. The molecule has 0 unspecified atom stereocenters. The van der Waals surface area contributed by atoms with Crippen molar-refractivity contribution in [1.82, 2.24) is 9.88 Å². The molecule has 2 aromatic carbocycles. The molecule has 132 valence electrons. The van der Waals surface area contributed by atoms with Gasteiger partial charge < -0.3 is 15.0 Å². The van der Waals surface area contributed by atoms with Crippen molar-refractivity contribution in [2.75, 3.05) is 13.1 Å². The van der Waals surface area contributed by atoms with Gasteiger partial charge in [-0.25, -0.2) is 0 Å². The SMILES string of the molecule is O=C(c1ccc(O)cc1)C1CCN(C(=O)c2cc3ccccc3[nH]2)CC1. The molecule has 0 radical (unpaired) electrons. The Morgan fingerprint density at radius 3 is 2.38 bits per heavy atom. The summed E-state index contributed by atoms with van der Waals surface area (Å²) in [6, 6.07) is 16.1. The second-order valence-electron chi connectivity index (χ2n) is 6.75. The lowest BCUT2D eigenvalue weighted by molar-refractivity contribution is 0.0646. The highest BCUT2D eigenvalue weighted by molar-refractivity contribution is 5.99. The fourth-order valence-electron chi connectivity index (χ4n) is 3.57. The van der Waals surface area contributed by atoms with Gasteiger partial charge in [0.05, 0.1) is 0 Å². The first-order valence-corrected chi connectivity index (χ1v) is 8.82. The largest absolute Gasteiger partial charge is 0.508 e. The first-order valence-electron chi connectivity index (χ1n) is 8.82. The number of hydrogen-bond acceptors (Lipinski definition) is 3. The maximum Gasteiger partial charge on any atom is 0.270 e. The molecule has 1 saturated heterocycles. The van der Waals surface area contributed by atoms with Gasteiger partial charge >= 0.3 is 0 Å². The summed E-state index contributed by atoms with van der Waals surface area (Å²) in [5, 5.41) is 10.4. The van der Waals surface area contributed by atoms with Crippen molar-refractivity contribution >= 4 is 22.6 Å². The molecule has 1 aliphatic heterocycles. The van der Waals surface area contributed by atoms with Crippen LogP contribution in [0.2, 0.25) is 0 Å². The number of aromatic hydroxyl groups is 1. The molecule has 1 aromatic heterocycles. The number of rotatable bonds is 3. The van der Waals surface area contributed by atoms with Gasteiger partial charge in [0.25, 0.3) is 5.91 Å². The number of nitrogens with one attached hydrogen (secondary N) is 1. The lowest BCUT2D eigenvalue weighted by atomic mass is 9.89. The van der Waals surface area contributed by atoms with Crippen molar-refractivity contribution in [2.24, 2.45) is 5.92 Å². The third-order valence-electron chi connectivity index (χ3n) is 5.07. The molecule has 0 aliphatic carbocycles. The van der Waals surface area contributed by atoms with Crippen LogP contribution >= 0.6 is 0 Å². The zero-order valence-corrected chi connectivity index (χ0v) is 14.3. The lowest BCUT2D eigenvalue weighted by Crippen LogP contribution is -2.40. The summed E-state index contributed by atoms with van der Waals surface area (Å²) in [5.74, 6) is 0.144. The average molecular weight is 348 g/mol. The maximum absolute atomic E-state index is 12.7. The van der Waals surface area contributed by atoms with E-state index >= 15 is 0 Å². The van der Waals surface area contributed by atoms with Crippen LogP contribution in [0.3, 0.4) is 0 Å². The standard InChI is InChI=1S/C21H20N2O3/c24-17-7-5-14(6-8-17)20(25)15-9-11-23(12-10-15)21(26)19-13-16-3-1-2-4-18(16)22-19/h1-8,13,15,22,24H,9-12H2. The van der Waals surface area contributed by atoms with E-state index in [0.29, 0.717) is 37.2 Å². The van der Waals surface area contributed by atoms with Crippen LogP contribution in [0.1, 0.15) is 33.7 Å².